The largest absolute Gasteiger partial charge is 0.381 e. The summed E-state index contributed by atoms with van der Waals surface area (Å²) in [6.45, 7) is 8.23. The van der Waals surface area contributed by atoms with E-state index in [4.69, 9.17) is 4.98 Å². The summed E-state index contributed by atoms with van der Waals surface area (Å²) in [4.78, 5) is 32.0. The second-order valence-electron chi connectivity index (χ2n) is 8.37. The van der Waals surface area contributed by atoms with Gasteiger partial charge in [0.05, 0.1) is 16.9 Å². The lowest BCUT2D eigenvalue weighted by Gasteiger charge is -2.19. The van der Waals surface area contributed by atoms with Gasteiger partial charge in [-0.1, -0.05) is 18.7 Å². The Bertz CT molecular complexity index is 1460. The number of amides is 2. The molecule has 0 fully saturated rings. The number of hydrogen-bond donors (Lipinski definition) is 2. The van der Waals surface area contributed by atoms with E-state index in [1.807, 2.05) is 50.2 Å². The summed E-state index contributed by atoms with van der Waals surface area (Å²) < 4.78 is 1.06. The molecule has 1 aliphatic rings. The van der Waals surface area contributed by atoms with Crippen LogP contribution in [0.15, 0.2) is 55.1 Å². The third-order valence-electron chi connectivity index (χ3n) is 6.06. The molecule has 0 saturated carbocycles. The molecule has 2 N–H and O–H groups in total. The number of carbonyl (C=O) groups is 2. The van der Waals surface area contributed by atoms with Gasteiger partial charge in [0.25, 0.3) is 5.91 Å². The SMILES string of the molecule is C=CC(=O)N(C)c1cc(-c2ccc3c(ccc4sc5c(c43)NC[C@@H](C)NC5=O)n2)ccc1C. The van der Waals surface area contributed by atoms with Crippen molar-refractivity contribution >= 4 is 55.5 Å². The maximum absolute atomic E-state index is 12.7. The molecule has 1 atom stereocenters. The Morgan fingerprint density at radius 1 is 1.24 bits per heavy atom. The Kier molecular flexibility index (Phi) is 5.13. The molecule has 5 rings (SSSR count). The van der Waals surface area contributed by atoms with E-state index in [1.54, 1.807) is 11.9 Å². The van der Waals surface area contributed by atoms with Crippen molar-refractivity contribution in [3.8, 4) is 11.3 Å². The number of aryl methyl sites for hydroxylation is 1. The van der Waals surface area contributed by atoms with E-state index in [0.29, 0.717) is 11.4 Å². The van der Waals surface area contributed by atoms with Gasteiger partial charge >= 0.3 is 0 Å². The van der Waals surface area contributed by atoms with Crippen LogP contribution in [-0.2, 0) is 4.79 Å². The molecule has 4 aromatic rings. The average Bonchev–Trinajstić information content (AvgIpc) is 3.14. The van der Waals surface area contributed by atoms with Crippen molar-refractivity contribution in [3.05, 3.63) is 65.6 Å². The van der Waals surface area contributed by atoms with E-state index in [2.05, 4.69) is 23.3 Å². The van der Waals surface area contributed by atoms with Gasteiger partial charge in [-0.05, 0) is 55.8 Å². The predicted molar refractivity (Wildman–Crippen MR) is 136 cm³/mol. The van der Waals surface area contributed by atoms with Gasteiger partial charge in [0.2, 0.25) is 5.91 Å². The number of rotatable bonds is 3. The number of nitrogens with one attached hydrogen (secondary N) is 2. The van der Waals surface area contributed by atoms with Gasteiger partial charge in [-0.3, -0.25) is 9.59 Å². The van der Waals surface area contributed by atoms with Crippen molar-refractivity contribution in [3.63, 3.8) is 0 Å². The van der Waals surface area contributed by atoms with Crippen LogP contribution >= 0.6 is 11.3 Å². The van der Waals surface area contributed by atoms with E-state index >= 15 is 0 Å². The Balaban J connectivity index is 1.63. The molecule has 0 spiro atoms. The Morgan fingerprint density at radius 3 is 2.85 bits per heavy atom. The normalized spacial score (nSPS) is 15.5. The molecule has 2 aromatic heterocycles. The molecule has 2 amide bonds. The Morgan fingerprint density at radius 2 is 2.06 bits per heavy atom. The lowest BCUT2D eigenvalue weighted by atomic mass is 10.0. The zero-order chi connectivity index (χ0) is 23.3. The fourth-order valence-corrected chi connectivity index (χ4v) is 5.37. The quantitative estimate of drug-likeness (QED) is 0.420. The molecule has 7 heteroatoms. The lowest BCUT2D eigenvalue weighted by molar-refractivity contribution is -0.113. The number of benzene rings is 2. The number of carbonyl (C=O) groups excluding carboxylic acids is 2. The average molecular weight is 457 g/mol. The molecule has 1 aliphatic heterocycles. The van der Waals surface area contributed by atoms with Gasteiger partial charge in [0.1, 0.15) is 4.88 Å². The summed E-state index contributed by atoms with van der Waals surface area (Å²) >= 11 is 1.50. The van der Waals surface area contributed by atoms with Crippen molar-refractivity contribution in [1.29, 1.82) is 0 Å². The van der Waals surface area contributed by atoms with Gasteiger partial charge in [0, 0.05) is 46.4 Å². The molecule has 0 bridgehead atoms. The molecule has 2 aromatic carbocycles. The first-order valence-electron chi connectivity index (χ1n) is 10.8. The van der Waals surface area contributed by atoms with Crippen LogP contribution in [0.5, 0.6) is 0 Å². The second kappa shape index (κ2) is 8.01. The van der Waals surface area contributed by atoms with Crippen LogP contribution in [0.25, 0.3) is 32.2 Å². The third-order valence-corrected chi connectivity index (χ3v) is 7.22. The van der Waals surface area contributed by atoms with Crippen LogP contribution in [0, 0.1) is 6.92 Å². The monoisotopic (exact) mass is 456 g/mol. The highest BCUT2D eigenvalue weighted by molar-refractivity contribution is 7.21. The van der Waals surface area contributed by atoms with Crippen molar-refractivity contribution in [2.75, 3.05) is 23.8 Å². The molecular formula is C26H24N4O2S. The van der Waals surface area contributed by atoms with E-state index in [-0.39, 0.29) is 17.9 Å². The summed E-state index contributed by atoms with van der Waals surface area (Å²) in [5.41, 5.74) is 5.32. The minimum Gasteiger partial charge on any atom is -0.381 e. The molecule has 0 radical (unpaired) electrons. The van der Waals surface area contributed by atoms with E-state index in [1.165, 1.54) is 17.4 Å². The standard InChI is InChI=1S/C26H24N4O2S/c1-5-22(31)30(4)20-12-16(7-6-14(20)2)18-9-8-17-19(29-18)10-11-21-23(17)24-25(33-21)26(32)28-15(3)13-27-24/h5-12,15,27H,1,13H2,2-4H3,(H,28,32)/t15-/m1/s1. The van der Waals surface area contributed by atoms with Gasteiger partial charge in [-0.15, -0.1) is 11.3 Å². The molecule has 0 aliphatic carbocycles. The fraction of sp³-hybridized carbons (Fsp3) is 0.192. The maximum atomic E-state index is 12.7. The maximum Gasteiger partial charge on any atom is 0.263 e. The topological polar surface area (TPSA) is 74.3 Å². The highest BCUT2D eigenvalue weighted by Gasteiger charge is 2.24. The smallest absolute Gasteiger partial charge is 0.263 e. The minimum atomic E-state index is -0.159. The van der Waals surface area contributed by atoms with E-state index < -0.39 is 0 Å². The number of thiophene rings is 1. The highest BCUT2D eigenvalue weighted by Crippen LogP contribution is 2.41. The fourth-order valence-electron chi connectivity index (χ4n) is 4.27. The molecule has 33 heavy (non-hydrogen) atoms. The van der Waals surface area contributed by atoms with Gasteiger partial charge < -0.3 is 15.5 Å². The molecule has 0 saturated heterocycles. The summed E-state index contributed by atoms with van der Waals surface area (Å²) in [7, 11) is 1.74. The van der Waals surface area contributed by atoms with Crippen molar-refractivity contribution < 1.29 is 9.59 Å². The first-order chi connectivity index (χ1) is 15.9. The number of aromatic nitrogens is 1. The molecule has 3 heterocycles. The van der Waals surface area contributed by atoms with Crippen LogP contribution in [0.4, 0.5) is 11.4 Å². The summed E-state index contributed by atoms with van der Waals surface area (Å²) in [5.74, 6) is -0.195. The first kappa shape index (κ1) is 21.2. The zero-order valence-corrected chi connectivity index (χ0v) is 19.5. The van der Waals surface area contributed by atoms with Crippen LogP contribution in [0.1, 0.15) is 22.2 Å². The molecule has 6 nitrogen and oxygen atoms in total. The summed E-state index contributed by atoms with van der Waals surface area (Å²) in [6, 6.07) is 14.1. The highest BCUT2D eigenvalue weighted by atomic mass is 32.1. The molecular weight excluding hydrogens is 432 g/mol. The van der Waals surface area contributed by atoms with E-state index in [9.17, 15) is 9.59 Å². The first-order valence-corrected chi connectivity index (χ1v) is 11.6. The second-order valence-corrected chi connectivity index (χ2v) is 9.42. The lowest BCUT2D eigenvalue weighted by Crippen LogP contribution is -2.34. The Labute approximate surface area is 195 Å². The number of anilines is 2. The number of likely N-dealkylation sites (N-methyl/N-ethyl adjacent to an activating group) is 1. The van der Waals surface area contributed by atoms with Gasteiger partial charge in [-0.25, -0.2) is 4.98 Å². The summed E-state index contributed by atoms with van der Waals surface area (Å²) in [6.07, 6.45) is 1.31. The van der Waals surface area contributed by atoms with E-state index in [0.717, 1.165) is 49.2 Å². The van der Waals surface area contributed by atoms with Crippen LogP contribution < -0.4 is 15.5 Å². The van der Waals surface area contributed by atoms with Crippen LogP contribution in [0.3, 0.4) is 0 Å². The Hall–Kier alpha value is -3.71. The van der Waals surface area contributed by atoms with Gasteiger partial charge in [0.15, 0.2) is 0 Å². The van der Waals surface area contributed by atoms with Crippen LogP contribution in [0.2, 0.25) is 0 Å². The zero-order valence-electron chi connectivity index (χ0n) is 18.7. The van der Waals surface area contributed by atoms with Gasteiger partial charge in [-0.2, -0.15) is 0 Å². The number of hydrogen-bond acceptors (Lipinski definition) is 5. The minimum absolute atomic E-state index is 0.0354. The number of fused-ring (bicyclic) bond motifs is 5. The van der Waals surface area contributed by atoms with Crippen LogP contribution in [-0.4, -0.2) is 36.4 Å². The number of pyridine rings is 1. The molecule has 0 unspecified atom stereocenters. The third kappa shape index (κ3) is 3.54. The molecule has 166 valence electrons. The number of nitrogens with zero attached hydrogens (tertiary/aromatic N) is 2. The summed E-state index contributed by atoms with van der Waals surface area (Å²) in [5, 5.41) is 8.54. The van der Waals surface area contributed by atoms with Crippen molar-refractivity contribution in [1.82, 2.24) is 10.3 Å². The van der Waals surface area contributed by atoms with Crippen molar-refractivity contribution in [2.24, 2.45) is 0 Å². The predicted octanol–water partition coefficient (Wildman–Crippen LogP) is 5.12. The van der Waals surface area contributed by atoms with Crippen molar-refractivity contribution in [2.45, 2.75) is 19.9 Å².